The number of carbonyl (C=O) groups excluding carboxylic acids is 2. The number of methoxy groups -OCH3 is 1. The Morgan fingerprint density at radius 2 is 2.08 bits per heavy atom. The Hall–Kier alpha value is -2.12. The fraction of sp³-hybridized carbons (Fsp3) is 0.529. The molecule has 1 aliphatic heterocycles. The number of likely N-dealkylation sites (tertiary alicyclic amines) is 1. The second kappa shape index (κ2) is 9.24. The first-order chi connectivity index (χ1) is 11.6. The number of hydrogen-bond acceptors (Lipinski definition) is 4. The smallest absolute Gasteiger partial charge is 0.321 e. The van der Waals surface area contributed by atoms with Crippen molar-refractivity contribution >= 4 is 17.6 Å². The van der Waals surface area contributed by atoms with Gasteiger partial charge < -0.3 is 26.0 Å². The van der Waals surface area contributed by atoms with Gasteiger partial charge in [-0.3, -0.25) is 4.79 Å². The molecule has 1 heterocycles. The van der Waals surface area contributed by atoms with E-state index in [2.05, 4.69) is 10.6 Å². The lowest BCUT2D eigenvalue weighted by Crippen LogP contribution is -2.32. The average Bonchev–Trinajstić information content (AvgIpc) is 3.13. The van der Waals surface area contributed by atoms with Gasteiger partial charge in [0.05, 0.1) is 12.5 Å². The molecule has 1 aromatic carbocycles. The highest BCUT2D eigenvalue weighted by molar-refractivity contribution is 5.89. The summed E-state index contributed by atoms with van der Waals surface area (Å²) in [5.41, 5.74) is 7.16. The monoisotopic (exact) mass is 334 g/mol. The van der Waals surface area contributed by atoms with Crippen molar-refractivity contribution in [3.63, 3.8) is 0 Å². The molecule has 1 aromatic rings. The summed E-state index contributed by atoms with van der Waals surface area (Å²) < 4.78 is 5.10. The molecule has 2 rings (SSSR count). The molecule has 7 heteroatoms. The number of anilines is 1. The van der Waals surface area contributed by atoms with Crippen molar-refractivity contribution in [1.29, 1.82) is 0 Å². The number of nitrogens with two attached hydrogens (primary N) is 1. The van der Waals surface area contributed by atoms with Crippen LogP contribution in [0.5, 0.6) is 0 Å². The standard InChI is InChI=1S/C17H26N4O3/c1-24-15(11-18)10-16(22)19-12-13-5-4-6-14(9-13)20-17(23)21-7-2-3-8-21/h4-6,9,15H,2-3,7-8,10-12,18H2,1H3,(H,19,22)(H,20,23). The second-order valence-electron chi connectivity index (χ2n) is 5.90. The van der Waals surface area contributed by atoms with Crippen molar-refractivity contribution < 1.29 is 14.3 Å². The molecule has 0 radical (unpaired) electrons. The van der Waals surface area contributed by atoms with Crippen molar-refractivity contribution in [3.05, 3.63) is 29.8 Å². The zero-order chi connectivity index (χ0) is 17.4. The lowest BCUT2D eigenvalue weighted by molar-refractivity contribution is -0.123. The summed E-state index contributed by atoms with van der Waals surface area (Å²) in [6, 6.07) is 7.40. The molecule has 7 nitrogen and oxygen atoms in total. The summed E-state index contributed by atoms with van der Waals surface area (Å²) >= 11 is 0. The summed E-state index contributed by atoms with van der Waals surface area (Å²) in [6.07, 6.45) is 2.09. The Kier molecular flexibility index (Phi) is 7.02. The Balaban J connectivity index is 1.83. The first kappa shape index (κ1) is 18.2. The van der Waals surface area contributed by atoms with Crippen LogP contribution in [0, 0.1) is 0 Å². The van der Waals surface area contributed by atoms with Gasteiger partial charge in [0.25, 0.3) is 0 Å². The predicted molar refractivity (Wildman–Crippen MR) is 92.6 cm³/mol. The summed E-state index contributed by atoms with van der Waals surface area (Å²) in [4.78, 5) is 25.8. The van der Waals surface area contributed by atoms with Crippen LogP contribution in [0.15, 0.2) is 24.3 Å². The molecule has 3 amide bonds. The van der Waals surface area contributed by atoms with Crippen LogP contribution in [-0.4, -0.2) is 49.7 Å². The number of nitrogens with zero attached hydrogens (tertiary/aromatic N) is 1. The van der Waals surface area contributed by atoms with Crippen molar-refractivity contribution in [3.8, 4) is 0 Å². The van der Waals surface area contributed by atoms with Crippen LogP contribution in [0.2, 0.25) is 0 Å². The van der Waals surface area contributed by atoms with Gasteiger partial charge in [-0.25, -0.2) is 4.79 Å². The van der Waals surface area contributed by atoms with E-state index in [9.17, 15) is 9.59 Å². The maximum atomic E-state index is 12.1. The fourth-order valence-electron chi connectivity index (χ4n) is 2.62. The normalized spacial score (nSPS) is 15.2. The number of benzene rings is 1. The molecule has 0 spiro atoms. The van der Waals surface area contributed by atoms with Gasteiger partial charge in [0.15, 0.2) is 0 Å². The van der Waals surface area contributed by atoms with Crippen LogP contribution < -0.4 is 16.4 Å². The molecule has 4 N–H and O–H groups in total. The molecule has 1 saturated heterocycles. The van der Waals surface area contributed by atoms with Crippen LogP contribution in [-0.2, 0) is 16.1 Å². The SMILES string of the molecule is COC(CN)CC(=O)NCc1cccc(NC(=O)N2CCCC2)c1. The van der Waals surface area contributed by atoms with Gasteiger partial charge in [-0.05, 0) is 30.5 Å². The number of ether oxygens (including phenoxy) is 1. The quantitative estimate of drug-likeness (QED) is 0.700. The van der Waals surface area contributed by atoms with Gasteiger partial charge in [-0.15, -0.1) is 0 Å². The minimum atomic E-state index is -0.268. The molecule has 132 valence electrons. The first-order valence-electron chi connectivity index (χ1n) is 8.27. The van der Waals surface area contributed by atoms with Crippen LogP contribution in [0.25, 0.3) is 0 Å². The van der Waals surface area contributed by atoms with E-state index in [-0.39, 0.29) is 24.5 Å². The summed E-state index contributed by atoms with van der Waals surface area (Å²) in [7, 11) is 1.54. The van der Waals surface area contributed by atoms with E-state index in [1.54, 1.807) is 0 Å². The maximum Gasteiger partial charge on any atom is 0.321 e. The molecular formula is C17H26N4O3. The number of nitrogens with one attached hydrogen (secondary N) is 2. The van der Waals surface area contributed by atoms with Crippen molar-refractivity contribution in [2.24, 2.45) is 5.73 Å². The number of urea groups is 1. The number of carbonyl (C=O) groups is 2. The zero-order valence-corrected chi connectivity index (χ0v) is 14.1. The van der Waals surface area contributed by atoms with Gasteiger partial charge in [0, 0.05) is 39.0 Å². The fourth-order valence-corrected chi connectivity index (χ4v) is 2.62. The summed E-state index contributed by atoms with van der Waals surface area (Å²) in [5, 5.41) is 5.74. The van der Waals surface area contributed by atoms with Gasteiger partial charge in [-0.1, -0.05) is 12.1 Å². The first-order valence-corrected chi connectivity index (χ1v) is 8.27. The molecule has 1 aliphatic rings. The van der Waals surface area contributed by atoms with E-state index in [0.717, 1.165) is 37.2 Å². The summed E-state index contributed by atoms with van der Waals surface area (Å²) in [5.74, 6) is -0.112. The molecule has 0 bridgehead atoms. The molecule has 1 unspecified atom stereocenters. The van der Waals surface area contributed by atoms with Crippen molar-refractivity contribution in [1.82, 2.24) is 10.2 Å². The van der Waals surface area contributed by atoms with Crippen LogP contribution in [0.1, 0.15) is 24.8 Å². The number of amides is 3. The summed E-state index contributed by atoms with van der Waals surface area (Å²) in [6.45, 7) is 2.32. The van der Waals surface area contributed by atoms with E-state index >= 15 is 0 Å². The number of hydrogen-bond donors (Lipinski definition) is 3. The maximum absolute atomic E-state index is 12.1. The van der Waals surface area contributed by atoms with Crippen LogP contribution in [0.3, 0.4) is 0 Å². The Labute approximate surface area is 142 Å². The zero-order valence-electron chi connectivity index (χ0n) is 14.1. The lowest BCUT2D eigenvalue weighted by Gasteiger charge is -2.16. The molecule has 1 atom stereocenters. The van der Waals surface area contributed by atoms with E-state index < -0.39 is 0 Å². The lowest BCUT2D eigenvalue weighted by atomic mass is 10.2. The van der Waals surface area contributed by atoms with E-state index in [1.807, 2.05) is 29.2 Å². The third kappa shape index (κ3) is 5.50. The second-order valence-corrected chi connectivity index (χ2v) is 5.90. The Morgan fingerprint density at radius 3 is 2.75 bits per heavy atom. The number of rotatable bonds is 7. The predicted octanol–water partition coefficient (Wildman–Crippen LogP) is 1.29. The molecule has 0 aromatic heterocycles. The molecule has 0 aliphatic carbocycles. The Bertz CT molecular complexity index is 555. The van der Waals surface area contributed by atoms with Crippen molar-refractivity contribution in [2.45, 2.75) is 31.9 Å². The third-order valence-corrected chi connectivity index (χ3v) is 4.07. The van der Waals surface area contributed by atoms with E-state index in [1.165, 1.54) is 7.11 Å². The average molecular weight is 334 g/mol. The van der Waals surface area contributed by atoms with Crippen LogP contribution >= 0.6 is 0 Å². The van der Waals surface area contributed by atoms with Gasteiger partial charge in [0.1, 0.15) is 0 Å². The minimum Gasteiger partial charge on any atom is -0.380 e. The molecule has 24 heavy (non-hydrogen) atoms. The topological polar surface area (TPSA) is 96.7 Å². The minimum absolute atomic E-state index is 0.0698. The Morgan fingerprint density at radius 1 is 1.33 bits per heavy atom. The molecule has 1 fully saturated rings. The molecule has 0 saturated carbocycles. The highest BCUT2D eigenvalue weighted by Crippen LogP contribution is 2.14. The van der Waals surface area contributed by atoms with Gasteiger partial charge in [0.2, 0.25) is 5.91 Å². The largest absolute Gasteiger partial charge is 0.380 e. The van der Waals surface area contributed by atoms with Gasteiger partial charge >= 0.3 is 6.03 Å². The van der Waals surface area contributed by atoms with E-state index in [0.29, 0.717) is 13.1 Å². The van der Waals surface area contributed by atoms with Gasteiger partial charge in [-0.2, -0.15) is 0 Å². The van der Waals surface area contributed by atoms with E-state index in [4.69, 9.17) is 10.5 Å². The molecular weight excluding hydrogens is 308 g/mol. The highest BCUT2D eigenvalue weighted by Gasteiger charge is 2.17. The highest BCUT2D eigenvalue weighted by atomic mass is 16.5. The third-order valence-electron chi connectivity index (χ3n) is 4.07. The van der Waals surface area contributed by atoms with Crippen molar-refractivity contribution in [2.75, 3.05) is 32.1 Å². The van der Waals surface area contributed by atoms with Crippen LogP contribution in [0.4, 0.5) is 10.5 Å².